The van der Waals surface area contributed by atoms with Gasteiger partial charge >= 0.3 is 0 Å². The van der Waals surface area contributed by atoms with E-state index < -0.39 is 0 Å². The van der Waals surface area contributed by atoms with E-state index in [1.807, 2.05) is 0 Å². The summed E-state index contributed by atoms with van der Waals surface area (Å²) in [6, 6.07) is 0.732. The lowest BCUT2D eigenvalue weighted by Crippen LogP contribution is -2.54. The highest BCUT2D eigenvalue weighted by atomic mass is 16.5. The molecule has 5 unspecified atom stereocenters. The average Bonchev–Trinajstić information content (AvgIpc) is 2.80. The molecule has 2 heterocycles. The summed E-state index contributed by atoms with van der Waals surface area (Å²) < 4.78 is 5.65. The predicted molar refractivity (Wildman–Crippen MR) is 75.7 cm³/mol. The molecule has 0 saturated carbocycles. The Hall–Kier alpha value is -0.610. The fourth-order valence-electron chi connectivity index (χ4n) is 3.82. The summed E-state index contributed by atoms with van der Waals surface area (Å²) in [5.74, 6) is 0.233. The number of carbonyl (C=O) groups is 1. The van der Waals surface area contributed by atoms with Gasteiger partial charge in [0.2, 0.25) is 5.91 Å². The lowest BCUT2D eigenvalue weighted by atomic mass is 9.77. The van der Waals surface area contributed by atoms with Crippen LogP contribution in [0.5, 0.6) is 0 Å². The van der Waals surface area contributed by atoms with E-state index in [2.05, 4.69) is 19.2 Å². The molecule has 0 radical (unpaired) electrons. The monoisotopic (exact) mass is 268 g/mol. The zero-order valence-corrected chi connectivity index (χ0v) is 12.2. The summed E-state index contributed by atoms with van der Waals surface area (Å²) in [5, 5.41) is 3.56. The summed E-state index contributed by atoms with van der Waals surface area (Å²) >= 11 is 0. The Morgan fingerprint density at radius 3 is 2.79 bits per heavy atom. The molecule has 0 bridgehead atoms. The van der Waals surface area contributed by atoms with Gasteiger partial charge in [-0.15, -0.1) is 0 Å². The van der Waals surface area contributed by atoms with Gasteiger partial charge in [0.05, 0.1) is 12.0 Å². The lowest BCUT2D eigenvalue weighted by Gasteiger charge is -2.39. The zero-order chi connectivity index (χ0) is 13.8. The van der Waals surface area contributed by atoms with Crippen LogP contribution in [0.25, 0.3) is 0 Å². The number of nitrogens with one attached hydrogen (secondary N) is 1. The molecule has 19 heavy (non-hydrogen) atoms. The van der Waals surface area contributed by atoms with E-state index in [1.165, 1.54) is 12.8 Å². The topological polar surface area (TPSA) is 64.4 Å². The number of carbonyl (C=O) groups excluding carboxylic acids is 1. The standard InChI is InChI=1S/C15H28N2O2/c1-10-9-11(2)17-13(14(10)15(16)18)7-3-5-12-6-4-8-19-12/h10-14,17H,3-9H2,1-2H3,(H2,16,18). The molecule has 0 aromatic rings. The number of primary amides is 1. The van der Waals surface area contributed by atoms with Crippen LogP contribution in [0.3, 0.4) is 0 Å². The van der Waals surface area contributed by atoms with Gasteiger partial charge in [0.15, 0.2) is 0 Å². The number of rotatable bonds is 5. The molecule has 0 aromatic carbocycles. The van der Waals surface area contributed by atoms with Crippen molar-refractivity contribution in [3.63, 3.8) is 0 Å². The summed E-state index contributed by atoms with van der Waals surface area (Å²) in [7, 11) is 0. The minimum atomic E-state index is -0.144. The normalized spacial score (nSPS) is 39.4. The number of hydrogen-bond donors (Lipinski definition) is 2. The third-order valence-corrected chi connectivity index (χ3v) is 4.66. The SMILES string of the molecule is CC1CC(C)C(C(N)=O)C(CCCC2CCCO2)N1. The van der Waals surface area contributed by atoms with Crippen molar-refractivity contribution >= 4 is 5.91 Å². The summed E-state index contributed by atoms with van der Waals surface area (Å²) in [6.45, 7) is 5.27. The average molecular weight is 268 g/mol. The minimum Gasteiger partial charge on any atom is -0.378 e. The van der Waals surface area contributed by atoms with E-state index in [0.717, 1.165) is 32.3 Å². The van der Waals surface area contributed by atoms with E-state index in [9.17, 15) is 4.79 Å². The maximum absolute atomic E-state index is 11.7. The largest absolute Gasteiger partial charge is 0.378 e. The van der Waals surface area contributed by atoms with Crippen molar-refractivity contribution in [1.29, 1.82) is 0 Å². The van der Waals surface area contributed by atoms with E-state index in [4.69, 9.17) is 10.5 Å². The quantitative estimate of drug-likeness (QED) is 0.799. The van der Waals surface area contributed by atoms with E-state index >= 15 is 0 Å². The van der Waals surface area contributed by atoms with Crippen molar-refractivity contribution in [1.82, 2.24) is 5.32 Å². The molecule has 0 aromatic heterocycles. The first kappa shape index (κ1) is 14.8. The van der Waals surface area contributed by atoms with Gasteiger partial charge in [0.25, 0.3) is 0 Å². The fraction of sp³-hybridized carbons (Fsp3) is 0.933. The second kappa shape index (κ2) is 6.71. The molecule has 4 nitrogen and oxygen atoms in total. The smallest absolute Gasteiger partial charge is 0.222 e. The van der Waals surface area contributed by atoms with Gasteiger partial charge in [-0.05, 0) is 51.4 Å². The molecule has 0 spiro atoms. The molecule has 110 valence electrons. The van der Waals surface area contributed by atoms with Crippen LogP contribution in [0.1, 0.15) is 52.4 Å². The highest BCUT2D eigenvalue weighted by Crippen LogP contribution is 2.29. The highest BCUT2D eigenvalue weighted by molar-refractivity contribution is 5.77. The molecular formula is C15H28N2O2. The molecule has 0 aliphatic carbocycles. The lowest BCUT2D eigenvalue weighted by molar-refractivity contribution is -0.125. The third kappa shape index (κ3) is 3.93. The van der Waals surface area contributed by atoms with Gasteiger partial charge in [-0.3, -0.25) is 4.79 Å². The van der Waals surface area contributed by atoms with Crippen molar-refractivity contribution in [2.75, 3.05) is 6.61 Å². The molecule has 2 saturated heterocycles. The Kier molecular flexibility index (Phi) is 5.22. The zero-order valence-electron chi connectivity index (χ0n) is 12.2. The Morgan fingerprint density at radius 2 is 2.16 bits per heavy atom. The molecule has 2 aliphatic rings. The van der Waals surface area contributed by atoms with Crippen molar-refractivity contribution in [2.45, 2.75) is 70.6 Å². The van der Waals surface area contributed by atoms with Gasteiger partial charge < -0.3 is 15.8 Å². The van der Waals surface area contributed by atoms with Crippen molar-refractivity contribution in [2.24, 2.45) is 17.6 Å². The summed E-state index contributed by atoms with van der Waals surface area (Å²) in [6.07, 6.45) is 7.15. The Labute approximate surface area is 116 Å². The molecule has 2 rings (SSSR count). The van der Waals surface area contributed by atoms with Crippen LogP contribution >= 0.6 is 0 Å². The van der Waals surface area contributed by atoms with Crippen LogP contribution in [0, 0.1) is 11.8 Å². The second-order valence-corrected chi connectivity index (χ2v) is 6.38. The molecule has 1 amide bonds. The van der Waals surface area contributed by atoms with Crippen molar-refractivity contribution in [3.05, 3.63) is 0 Å². The summed E-state index contributed by atoms with van der Waals surface area (Å²) in [4.78, 5) is 11.7. The Morgan fingerprint density at radius 1 is 1.37 bits per heavy atom. The molecule has 2 fully saturated rings. The predicted octanol–water partition coefficient (Wildman–Crippen LogP) is 1.82. The molecule has 3 N–H and O–H groups in total. The third-order valence-electron chi connectivity index (χ3n) is 4.66. The maximum Gasteiger partial charge on any atom is 0.222 e. The van der Waals surface area contributed by atoms with Gasteiger partial charge in [-0.25, -0.2) is 0 Å². The van der Waals surface area contributed by atoms with Crippen molar-refractivity contribution in [3.8, 4) is 0 Å². The second-order valence-electron chi connectivity index (χ2n) is 6.38. The van der Waals surface area contributed by atoms with Crippen molar-refractivity contribution < 1.29 is 9.53 Å². The first-order valence-electron chi connectivity index (χ1n) is 7.75. The molecular weight excluding hydrogens is 240 g/mol. The number of amides is 1. The maximum atomic E-state index is 11.7. The molecule has 5 atom stereocenters. The molecule has 2 aliphatic heterocycles. The van der Waals surface area contributed by atoms with Gasteiger partial charge in [0.1, 0.15) is 0 Å². The van der Waals surface area contributed by atoms with Gasteiger partial charge in [-0.1, -0.05) is 6.92 Å². The van der Waals surface area contributed by atoms with E-state index in [-0.39, 0.29) is 17.9 Å². The minimum absolute atomic E-state index is 0.0132. The number of piperidine rings is 1. The number of nitrogens with two attached hydrogens (primary N) is 1. The van der Waals surface area contributed by atoms with E-state index in [1.54, 1.807) is 0 Å². The van der Waals surface area contributed by atoms with Crippen LogP contribution in [0.2, 0.25) is 0 Å². The van der Waals surface area contributed by atoms with Crippen LogP contribution in [0.15, 0.2) is 0 Å². The number of ether oxygens (including phenoxy) is 1. The van der Waals surface area contributed by atoms with Crippen LogP contribution in [0.4, 0.5) is 0 Å². The fourth-order valence-corrected chi connectivity index (χ4v) is 3.82. The Balaban J connectivity index is 1.82. The molecule has 4 heteroatoms. The van der Waals surface area contributed by atoms with Crippen LogP contribution < -0.4 is 11.1 Å². The first-order chi connectivity index (χ1) is 9.08. The first-order valence-corrected chi connectivity index (χ1v) is 7.75. The van der Waals surface area contributed by atoms with E-state index in [0.29, 0.717) is 18.1 Å². The van der Waals surface area contributed by atoms with Crippen LogP contribution in [-0.4, -0.2) is 30.7 Å². The summed E-state index contributed by atoms with van der Waals surface area (Å²) in [5.41, 5.74) is 5.58. The van der Waals surface area contributed by atoms with Gasteiger partial charge in [0, 0.05) is 18.7 Å². The van der Waals surface area contributed by atoms with Crippen LogP contribution in [-0.2, 0) is 9.53 Å². The number of hydrogen-bond acceptors (Lipinski definition) is 3. The Bertz CT molecular complexity index is 303. The highest BCUT2D eigenvalue weighted by Gasteiger charge is 2.36. The van der Waals surface area contributed by atoms with Gasteiger partial charge in [-0.2, -0.15) is 0 Å².